The minimum Gasteiger partial charge on any atom is -0.491 e. The van der Waals surface area contributed by atoms with Gasteiger partial charge >= 0.3 is 0 Å². The second kappa shape index (κ2) is 4.83. The molecule has 2 nitrogen and oxygen atoms in total. The van der Waals surface area contributed by atoms with E-state index in [-0.39, 0.29) is 6.10 Å². The highest BCUT2D eigenvalue weighted by atomic mass is 16.5. The maximum Gasteiger partial charge on any atom is 0.120 e. The Bertz CT molecular complexity index is 427. The highest BCUT2D eigenvalue weighted by Crippen LogP contribution is 2.44. The number of fused-ring (bicyclic) bond motifs is 3. The van der Waals surface area contributed by atoms with E-state index >= 15 is 0 Å². The molecule has 1 heterocycles. The largest absolute Gasteiger partial charge is 0.491 e. The third kappa shape index (κ3) is 2.21. The lowest BCUT2D eigenvalue weighted by Gasteiger charge is -2.38. The second-order valence-corrected chi connectivity index (χ2v) is 5.95. The maximum absolute atomic E-state index is 5.83. The summed E-state index contributed by atoms with van der Waals surface area (Å²) < 4.78 is 5.83. The molecule has 0 radical (unpaired) electrons. The van der Waals surface area contributed by atoms with Gasteiger partial charge in [-0.1, -0.05) is 12.8 Å². The maximum atomic E-state index is 5.83. The Balaban J connectivity index is 1.90. The number of ether oxygens (including phenoxy) is 1. The highest BCUT2D eigenvalue weighted by Gasteiger charge is 2.31. The van der Waals surface area contributed by atoms with E-state index in [4.69, 9.17) is 4.74 Å². The predicted octanol–water partition coefficient (Wildman–Crippen LogP) is 4.17. The molecule has 1 aliphatic heterocycles. The molecule has 1 aromatic carbocycles. The molecule has 0 aromatic heterocycles. The molecule has 98 valence electrons. The van der Waals surface area contributed by atoms with Crippen molar-refractivity contribution < 1.29 is 4.74 Å². The highest BCUT2D eigenvalue weighted by molar-refractivity contribution is 5.58. The van der Waals surface area contributed by atoms with Gasteiger partial charge in [0, 0.05) is 12.2 Å². The minimum absolute atomic E-state index is 0.252. The monoisotopic (exact) mass is 245 g/mol. The molecule has 1 aromatic rings. The fraction of sp³-hybridized carbons (Fsp3) is 0.625. The molecule has 0 spiro atoms. The summed E-state index contributed by atoms with van der Waals surface area (Å²) in [5.74, 6) is 2.61. The standard InChI is InChI=1S/C16H23NO/c1-11(2)18-13-7-8-16-15(9-13)14-6-4-3-5-12(14)10-17-16/h7-9,11-12,14,17H,3-6,10H2,1-2H3. The van der Waals surface area contributed by atoms with Crippen LogP contribution in [0.15, 0.2) is 18.2 Å². The molecule has 2 heteroatoms. The van der Waals surface area contributed by atoms with Gasteiger partial charge in [-0.05, 0) is 62.3 Å². The van der Waals surface area contributed by atoms with Crippen LogP contribution in [0.5, 0.6) is 5.75 Å². The fourth-order valence-corrected chi connectivity index (χ4v) is 3.46. The van der Waals surface area contributed by atoms with Gasteiger partial charge < -0.3 is 10.1 Å². The first kappa shape index (κ1) is 11.9. The van der Waals surface area contributed by atoms with Crippen LogP contribution in [0.2, 0.25) is 0 Å². The average Bonchev–Trinajstić information content (AvgIpc) is 2.38. The number of hydrogen-bond acceptors (Lipinski definition) is 2. The van der Waals surface area contributed by atoms with Crippen LogP contribution in [0.3, 0.4) is 0 Å². The van der Waals surface area contributed by atoms with Gasteiger partial charge in [0.15, 0.2) is 0 Å². The molecule has 0 amide bonds. The summed E-state index contributed by atoms with van der Waals surface area (Å²) in [6.45, 7) is 5.32. The predicted molar refractivity (Wildman–Crippen MR) is 75.4 cm³/mol. The van der Waals surface area contributed by atoms with Crippen LogP contribution in [0.4, 0.5) is 5.69 Å². The molecular weight excluding hydrogens is 222 g/mol. The molecule has 0 saturated heterocycles. The van der Waals surface area contributed by atoms with Crippen LogP contribution in [0, 0.1) is 5.92 Å². The van der Waals surface area contributed by atoms with Crippen molar-refractivity contribution in [2.75, 3.05) is 11.9 Å². The smallest absolute Gasteiger partial charge is 0.120 e. The zero-order valence-electron chi connectivity index (χ0n) is 11.4. The van der Waals surface area contributed by atoms with Crippen molar-refractivity contribution in [3.05, 3.63) is 23.8 Å². The van der Waals surface area contributed by atoms with Gasteiger partial charge in [-0.3, -0.25) is 0 Å². The van der Waals surface area contributed by atoms with Gasteiger partial charge in [0.05, 0.1) is 6.10 Å². The van der Waals surface area contributed by atoms with E-state index < -0.39 is 0 Å². The topological polar surface area (TPSA) is 21.3 Å². The summed E-state index contributed by atoms with van der Waals surface area (Å²) in [6.07, 6.45) is 5.77. The number of hydrogen-bond donors (Lipinski definition) is 1. The molecule has 1 saturated carbocycles. The number of anilines is 1. The van der Waals surface area contributed by atoms with Crippen LogP contribution < -0.4 is 10.1 Å². The summed E-state index contributed by atoms with van der Waals surface area (Å²) >= 11 is 0. The molecule has 18 heavy (non-hydrogen) atoms. The molecule has 2 aliphatic rings. The van der Waals surface area contributed by atoms with Crippen molar-refractivity contribution in [3.63, 3.8) is 0 Å². The van der Waals surface area contributed by atoms with Gasteiger partial charge in [-0.25, -0.2) is 0 Å². The fourth-order valence-electron chi connectivity index (χ4n) is 3.46. The van der Waals surface area contributed by atoms with Crippen molar-refractivity contribution in [3.8, 4) is 5.75 Å². The van der Waals surface area contributed by atoms with Crippen molar-refractivity contribution in [1.82, 2.24) is 0 Å². The van der Waals surface area contributed by atoms with E-state index in [9.17, 15) is 0 Å². The van der Waals surface area contributed by atoms with Gasteiger partial charge in [-0.2, -0.15) is 0 Å². The summed E-state index contributed by atoms with van der Waals surface area (Å²) in [7, 11) is 0. The van der Waals surface area contributed by atoms with E-state index in [1.165, 1.54) is 36.9 Å². The first-order valence-electron chi connectivity index (χ1n) is 7.28. The van der Waals surface area contributed by atoms with E-state index in [2.05, 4.69) is 37.4 Å². The zero-order valence-corrected chi connectivity index (χ0v) is 11.4. The van der Waals surface area contributed by atoms with Crippen LogP contribution in [0.1, 0.15) is 51.0 Å². The normalized spacial score (nSPS) is 26.2. The van der Waals surface area contributed by atoms with Gasteiger partial charge in [0.1, 0.15) is 5.75 Å². The van der Waals surface area contributed by atoms with E-state index in [1.807, 2.05) is 0 Å². The summed E-state index contributed by atoms with van der Waals surface area (Å²) in [4.78, 5) is 0. The second-order valence-electron chi connectivity index (χ2n) is 5.95. The Kier molecular flexibility index (Phi) is 3.19. The SMILES string of the molecule is CC(C)Oc1ccc2c(c1)C1CCCCC1CN2. The molecular formula is C16H23NO. The Morgan fingerprint density at radius 1 is 1.22 bits per heavy atom. The van der Waals surface area contributed by atoms with Gasteiger partial charge in [0.25, 0.3) is 0 Å². The first-order valence-corrected chi connectivity index (χ1v) is 7.28. The molecule has 3 rings (SSSR count). The molecule has 1 aliphatic carbocycles. The van der Waals surface area contributed by atoms with E-state index in [1.54, 1.807) is 0 Å². The molecule has 2 unspecified atom stereocenters. The number of benzene rings is 1. The summed E-state index contributed by atoms with van der Waals surface area (Å²) in [6, 6.07) is 6.55. The van der Waals surface area contributed by atoms with Crippen LogP contribution in [0.25, 0.3) is 0 Å². The molecule has 1 fully saturated rings. The van der Waals surface area contributed by atoms with E-state index in [0.29, 0.717) is 0 Å². The average molecular weight is 245 g/mol. The summed E-state index contributed by atoms with van der Waals surface area (Å²) in [5.41, 5.74) is 2.82. The Hall–Kier alpha value is -1.18. The lowest BCUT2D eigenvalue weighted by molar-refractivity contribution is 0.241. The number of nitrogens with one attached hydrogen (secondary N) is 1. The Morgan fingerprint density at radius 2 is 2.06 bits per heavy atom. The van der Waals surface area contributed by atoms with Crippen LogP contribution in [-0.2, 0) is 0 Å². The zero-order chi connectivity index (χ0) is 12.5. The third-order valence-corrected chi connectivity index (χ3v) is 4.26. The lowest BCUT2D eigenvalue weighted by atomic mass is 9.73. The Labute approximate surface area is 110 Å². The Morgan fingerprint density at radius 3 is 2.89 bits per heavy atom. The lowest BCUT2D eigenvalue weighted by Crippen LogP contribution is -2.30. The van der Waals surface area contributed by atoms with Crippen molar-refractivity contribution in [2.45, 2.75) is 51.6 Å². The molecule has 0 bridgehead atoms. The molecule has 1 N–H and O–H groups in total. The quantitative estimate of drug-likeness (QED) is 0.844. The molecule has 2 atom stereocenters. The van der Waals surface area contributed by atoms with Crippen molar-refractivity contribution in [2.24, 2.45) is 5.92 Å². The van der Waals surface area contributed by atoms with Gasteiger partial charge in [0.2, 0.25) is 0 Å². The van der Waals surface area contributed by atoms with Crippen LogP contribution >= 0.6 is 0 Å². The van der Waals surface area contributed by atoms with Crippen LogP contribution in [-0.4, -0.2) is 12.6 Å². The van der Waals surface area contributed by atoms with Gasteiger partial charge in [-0.15, -0.1) is 0 Å². The van der Waals surface area contributed by atoms with Crippen molar-refractivity contribution in [1.29, 1.82) is 0 Å². The third-order valence-electron chi connectivity index (χ3n) is 4.26. The minimum atomic E-state index is 0.252. The number of rotatable bonds is 2. The van der Waals surface area contributed by atoms with Crippen molar-refractivity contribution >= 4 is 5.69 Å². The summed E-state index contributed by atoms with van der Waals surface area (Å²) in [5, 5.41) is 3.59. The first-order chi connectivity index (χ1) is 8.74. The van der Waals surface area contributed by atoms with E-state index in [0.717, 1.165) is 24.1 Å².